The van der Waals surface area contributed by atoms with Crippen molar-refractivity contribution < 1.29 is 0 Å². The van der Waals surface area contributed by atoms with Gasteiger partial charge in [0.25, 0.3) is 0 Å². The molecule has 0 amide bonds. The molecule has 2 N–H and O–H groups in total. The van der Waals surface area contributed by atoms with Gasteiger partial charge in [-0.2, -0.15) is 0 Å². The highest BCUT2D eigenvalue weighted by atomic mass is 15.1. The minimum atomic E-state index is 0.256. The maximum Gasteiger partial charge on any atom is 0.0946 e. The van der Waals surface area contributed by atoms with Crippen LogP contribution >= 0.6 is 0 Å². The summed E-state index contributed by atoms with van der Waals surface area (Å²) in [5.74, 6) is 0.779. The van der Waals surface area contributed by atoms with Crippen LogP contribution in [0.4, 0.5) is 0 Å². The molecule has 4 nitrogen and oxygen atoms in total. The molecule has 2 rings (SSSR count). The zero-order valence-corrected chi connectivity index (χ0v) is 12.5. The number of hydrogen-bond donors (Lipinski definition) is 2. The Kier molecular flexibility index (Phi) is 4.99. The van der Waals surface area contributed by atoms with Gasteiger partial charge in [-0.25, -0.2) is 4.98 Å². The molecule has 0 radical (unpaired) electrons. The van der Waals surface area contributed by atoms with E-state index in [1.807, 2.05) is 18.7 Å². The number of aromatic nitrogens is 2. The van der Waals surface area contributed by atoms with Gasteiger partial charge in [0, 0.05) is 25.0 Å². The molecular weight excluding hydrogens is 236 g/mol. The van der Waals surface area contributed by atoms with Crippen LogP contribution in [0.1, 0.15) is 33.6 Å². The summed E-state index contributed by atoms with van der Waals surface area (Å²) in [6, 6.07) is 0.476. The number of hydrogen-bond acceptors (Lipinski definition) is 3. The fraction of sp³-hybridized carbons (Fsp3) is 0.800. The smallest absolute Gasteiger partial charge is 0.0946 e. The molecule has 2 unspecified atom stereocenters. The second kappa shape index (κ2) is 6.53. The van der Waals surface area contributed by atoms with Crippen molar-refractivity contribution in [3.8, 4) is 0 Å². The normalized spacial score (nSPS) is 22.4. The third-order valence-corrected chi connectivity index (χ3v) is 4.05. The van der Waals surface area contributed by atoms with Crippen molar-refractivity contribution >= 4 is 0 Å². The van der Waals surface area contributed by atoms with Crippen LogP contribution in [0.5, 0.6) is 0 Å². The highest BCUT2D eigenvalue weighted by Gasteiger charge is 2.25. The number of piperidine rings is 1. The molecule has 0 aromatic carbocycles. The second-order valence-electron chi connectivity index (χ2n) is 6.80. The molecule has 2 heterocycles. The highest BCUT2D eigenvalue weighted by molar-refractivity contribution is 4.85. The summed E-state index contributed by atoms with van der Waals surface area (Å²) in [7, 11) is 0. The average Bonchev–Trinajstić information content (AvgIpc) is 2.87. The summed E-state index contributed by atoms with van der Waals surface area (Å²) in [5.41, 5.74) is 0.256. The Morgan fingerprint density at radius 2 is 2.32 bits per heavy atom. The Balaban J connectivity index is 1.86. The SMILES string of the molecule is CC(C)(C)C(Cn1ccnc1)NCC1CCCNC1. The first-order chi connectivity index (χ1) is 9.05. The first-order valence-electron chi connectivity index (χ1n) is 7.45. The van der Waals surface area contributed by atoms with Crippen molar-refractivity contribution in [1.82, 2.24) is 20.2 Å². The Bertz CT molecular complexity index is 347. The van der Waals surface area contributed by atoms with Crippen LogP contribution in [0.3, 0.4) is 0 Å². The van der Waals surface area contributed by atoms with Crippen molar-refractivity contribution in [2.75, 3.05) is 19.6 Å². The van der Waals surface area contributed by atoms with Crippen molar-refractivity contribution in [3.63, 3.8) is 0 Å². The molecule has 1 aromatic heterocycles. The topological polar surface area (TPSA) is 41.9 Å². The highest BCUT2D eigenvalue weighted by Crippen LogP contribution is 2.21. The summed E-state index contributed by atoms with van der Waals surface area (Å²) >= 11 is 0. The van der Waals surface area contributed by atoms with Crippen LogP contribution in [0.15, 0.2) is 18.7 Å². The van der Waals surface area contributed by atoms with Gasteiger partial charge < -0.3 is 15.2 Å². The van der Waals surface area contributed by atoms with E-state index in [0.717, 1.165) is 25.6 Å². The lowest BCUT2D eigenvalue weighted by Gasteiger charge is -2.34. The monoisotopic (exact) mass is 264 g/mol. The molecule has 0 spiro atoms. The molecule has 1 aromatic rings. The predicted octanol–water partition coefficient (Wildman–Crippen LogP) is 1.89. The minimum absolute atomic E-state index is 0.256. The maximum absolute atomic E-state index is 4.13. The molecule has 1 fully saturated rings. The van der Waals surface area contributed by atoms with Gasteiger partial charge in [-0.15, -0.1) is 0 Å². The van der Waals surface area contributed by atoms with Gasteiger partial charge in [0.1, 0.15) is 0 Å². The zero-order valence-electron chi connectivity index (χ0n) is 12.5. The molecule has 1 saturated heterocycles. The van der Waals surface area contributed by atoms with Crippen LogP contribution in [0.25, 0.3) is 0 Å². The molecular formula is C15H28N4. The van der Waals surface area contributed by atoms with Gasteiger partial charge in [-0.3, -0.25) is 0 Å². The first-order valence-corrected chi connectivity index (χ1v) is 7.45. The lowest BCUT2D eigenvalue weighted by Crippen LogP contribution is -2.47. The molecule has 1 aliphatic heterocycles. The van der Waals surface area contributed by atoms with E-state index in [1.165, 1.54) is 19.4 Å². The Morgan fingerprint density at radius 3 is 2.89 bits per heavy atom. The van der Waals surface area contributed by atoms with E-state index in [2.05, 4.69) is 41.0 Å². The maximum atomic E-state index is 4.13. The zero-order chi connectivity index (χ0) is 13.7. The van der Waals surface area contributed by atoms with Crippen LogP contribution < -0.4 is 10.6 Å². The van der Waals surface area contributed by atoms with E-state index in [0.29, 0.717) is 6.04 Å². The Hall–Kier alpha value is -0.870. The minimum Gasteiger partial charge on any atom is -0.336 e. The van der Waals surface area contributed by atoms with Gasteiger partial charge in [0.2, 0.25) is 0 Å². The largest absolute Gasteiger partial charge is 0.336 e. The van der Waals surface area contributed by atoms with Crippen LogP contribution in [0.2, 0.25) is 0 Å². The summed E-state index contributed by atoms with van der Waals surface area (Å²) in [6.45, 7) is 11.4. The van der Waals surface area contributed by atoms with Crippen molar-refractivity contribution in [3.05, 3.63) is 18.7 Å². The standard InChI is InChI=1S/C15H28N4/c1-15(2,3)14(11-19-8-7-17-12-19)18-10-13-5-4-6-16-9-13/h7-8,12-14,16,18H,4-6,9-11H2,1-3H3. The van der Waals surface area contributed by atoms with E-state index < -0.39 is 0 Å². The van der Waals surface area contributed by atoms with Crippen molar-refractivity contribution in [1.29, 1.82) is 0 Å². The van der Waals surface area contributed by atoms with Gasteiger partial charge in [-0.05, 0) is 43.8 Å². The van der Waals surface area contributed by atoms with Gasteiger partial charge in [-0.1, -0.05) is 20.8 Å². The Labute approximate surface area is 117 Å². The second-order valence-corrected chi connectivity index (χ2v) is 6.80. The predicted molar refractivity (Wildman–Crippen MR) is 79.1 cm³/mol. The molecule has 0 aliphatic carbocycles. The van der Waals surface area contributed by atoms with E-state index in [1.54, 1.807) is 0 Å². The molecule has 108 valence electrons. The molecule has 0 saturated carbocycles. The van der Waals surface area contributed by atoms with E-state index in [4.69, 9.17) is 0 Å². The number of rotatable bonds is 5. The third-order valence-electron chi connectivity index (χ3n) is 4.05. The summed E-state index contributed by atoms with van der Waals surface area (Å²) < 4.78 is 2.17. The Morgan fingerprint density at radius 1 is 1.47 bits per heavy atom. The van der Waals surface area contributed by atoms with Gasteiger partial charge in [0.05, 0.1) is 6.33 Å². The van der Waals surface area contributed by atoms with Crippen LogP contribution in [0, 0.1) is 11.3 Å². The number of imidazole rings is 1. The number of nitrogens with one attached hydrogen (secondary N) is 2. The van der Waals surface area contributed by atoms with Crippen LogP contribution in [-0.4, -0.2) is 35.2 Å². The lowest BCUT2D eigenvalue weighted by molar-refractivity contribution is 0.223. The fourth-order valence-corrected chi connectivity index (χ4v) is 2.66. The van der Waals surface area contributed by atoms with E-state index in [-0.39, 0.29) is 5.41 Å². The quantitative estimate of drug-likeness (QED) is 0.853. The van der Waals surface area contributed by atoms with Gasteiger partial charge in [0.15, 0.2) is 0 Å². The number of nitrogens with zero attached hydrogens (tertiary/aromatic N) is 2. The first kappa shape index (κ1) is 14.5. The third kappa shape index (κ3) is 4.62. The van der Waals surface area contributed by atoms with Crippen molar-refractivity contribution in [2.24, 2.45) is 11.3 Å². The molecule has 4 heteroatoms. The fourth-order valence-electron chi connectivity index (χ4n) is 2.66. The molecule has 1 aliphatic rings. The summed E-state index contributed by atoms with van der Waals surface area (Å²) in [5, 5.41) is 7.27. The average molecular weight is 264 g/mol. The van der Waals surface area contributed by atoms with Gasteiger partial charge >= 0.3 is 0 Å². The van der Waals surface area contributed by atoms with E-state index in [9.17, 15) is 0 Å². The summed E-state index contributed by atoms with van der Waals surface area (Å²) in [6.07, 6.45) is 8.46. The molecule has 19 heavy (non-hydrogen) atoms. The van der Waals surface area contributed by atoms with Crippen molar-refractivity contribution in [2.45, 2.75) is 46.2 Å². The van der Waals surface area contributed by atoms with E-state index >= 15 is 0 Å². The molecule has 0 bridgehead atoms. The lowest BCUT2D eigenvalue weighted by atomic mass is 9.86. The summed E-state index contributed by atoms with van der Waals surface area (Å²) in [4.78, 5) is 4.13. The van der Waals surface area contributed by atoms with Crippen LogP contribution in [-0.2, 0) is 6.54 Å². The molecule has 2 atom stereocenters.